The Labute approximate surface area is 121 Å². The van der Waals surface area contributed by atoms with Crippen molar-refractivity contribution in [2.24, 2.45) is 7.05 Å². The SMILES string of the molecule is Cn1cc(S(=O)(=O)NC(C)(C)c2ccc(F)c(F)c2)cn1. The van der Waals surface area contributed by atoms with Gasteiger partial charge in [-0.25, -0.2) is 21.9 Å². The summed E-state index contributed by atoms with van der Waals surface area (Å²) >= 11 is 0. The van der Waals surface area contributed by atoms with Gasteiger partial charge in [0.1, 0.15) is 4.90 Å². The van der Waals surface area contributed by atoms with E-state index < -0.39 is 27.2 Å². The van der Waals surface area contributed by atoms with Gasteiger partial charge in [-0.3, -0.25) is 4.68 Å². The van der Waals surface area contributed by atoms with E-state index in [0.717, 1.165) is 12.1 Å². The molecule has 0 fully saturated rings. The van der Waals surface area contributed by atoms with E-state index in [1.165, 1.54) is 23.1 Å². The number of nitrogens with zero attached hydrogens (tertiary/aromatic N) is 2. The molecule has 0 radical (unpaired) electrons. The first-order valence-electron chi connectivity index (χ1n) is 6.10. The number of hydrogen-bond acceptors (Lipinski definition) is 3. The summed E-state index contributed by atoms with van der Waals surface area (Å²) in [4.78, 5) is 0.000610. The molecular formula is C13H15F2N3O2S. The van der Waals surface area contributed by atoms with E-state index in [-0.39, 0.29) is 4.90 Å². The molecule has 0 amide bonds. The zero-order chi connectivity index (χ0) is 15.8. The van der Waals surface area contributed by atoms with Crippen LogP contribution in [0.3, 0.4) is 0 Å². The lowest BCUT2D eigenvalue weighted by Crippen LogP contribution is -2.40. The summed E-state index contributed by atoms with van der Waals surface area (Å²) in [6.07, 6.45) is 2.56. The molecule has 0 unspecified atom stereocenters. The third-order valence-electron chi connectivity index (χ3n) is 3.02. The molecule has 0 saturated carbocycles. The van der Waals surface area contributed by atoms with Crippen molar-refractivity contribution in [3.05, 3.63) is 47.8 Å². The van der Waals surface area contributed by atoms with Gasteiger partial charge in [-0.15, -0.1) is 0 Å². The Hall–Kier alpha value is -1.80. The van der Waals surface area contributed by atoms with Crippen LogP contribution >= 0.6 is 0 Å². The molecule has 0 spiro atoms. The molecule has 1 aromatic carbocycles. The molecule has 0 saturated heterocycles. The van der Waals surface area contributed by atoms with Crippen LogP contribution < -0.4 is 4.72 Å². The molecule has 0 atom stereocenters. The lowest BCUT2D eigenvalue weighted by molar-refractivity contribution is 0.459. The molecule has 0 aliphatic heterocycles. The van der Waals surface area contributed by atoms with Crippen molar-refractivity contribution in [3.63, 3.8) is 0 Å². The quantitative estimate of drug-likeness (QED) is 0.937. The zero-order valence-electron chi connectivity index (χ0n) is 11.8. The number of rotatable bonds is 4. The fraction of sp³-hybridized carbons (Fsp3) is 0.308. The number of benzene rings is 1. The van der Waals surface area contributed by atoms with Gasteiger partial charge < -0.3 is 0 Å². The van der Waals surface area contributed by atoms with Crippen molar-refractivity contribution in [1.82, 2.24) is 14.5 Å². The number of aromatic nitrogens is 2. The predicted molar refractivity (Wildman–Crippen MR) is 72.9 cm³/mol. The second-order valence-corrected chi connectivity index (χ2v) is 6.89. The average molecular weight is 315 g/mol. The van der Waals surface area contributed by atoms with Crippen LogP contribution in [-0.4, -0.2) is 18.2 Å². The monoisotopic (exact) mass is 315 g/mol. The number of nitrogens with one attached hydrogen (secondary N) is 1. The fourth-order valence-corrected chi connectivity index (χ4v) is 3.26. The molecule has 0 aliphatic carbocycles. The molecule has 5 nitrogen and oxygen atoms in total. The maximum Gasteiger partial charge on any atom is 0.244 e. The van der Waals surface area contributed by atoms with Gasteiger partial charge in [0.25, 0.3) is 0 Å². The molecule has 2 aromatic rings. The largest absolute Gasteiger partial charge is 0.274 e. The fourth-order valence-electron chi connectivity index (χ4n) is 1.88. The molecule has 1 N–H and O–H groups in total. The second kappa shape index (κ2) is 5.19. The van der Waals surface area contributed by atoms with Gasteiger partial charge in [-0.2, -0.15) is 5.10 Å². The van der Waals surface area contributed by atoms with E-state index in [1.807, 2.05) is 0 Å². The lowest BCUT2D eigenvalue weighted by Gasteiger charge is -2.26. The van der Waals surface area contributed by atoms with Gasteiger partial charge in [-0.05, 0) is 31.5 Å². The minimum Gasteiger partial charge on any atom is -0.274 e. The van der Waals surface area contributed by atoms with Gasteiger partial charge in [0.15, 0.2) is 11.6 Å². The minimum atomic E-state index is -3.82. The van der Waals surface area contributed by atoms with E-state index >= 15 is 0 Å². The Balaban J connectivity index is 2.34. The average Bonchev–Trinajstić information content (AvgIpc) is 2.79. The predicted octanol–water partition coefficient (Wildman–Crippen LogP) is 1.91. The van der Waals surface area contributed by atoms with Gasteiger partial charge in [-0.1, -0.05) is 6.07 Å². The van der Waals surface area contributed by atoms with E-state index in [4.69, 9.17) is 0 Å². The van der Waals surface area contributed by atoms with E-state index in [2.05, 4.69) is 9.82 Å². The molecule has 0 aliphatic rings. The molecule has 0 bridgehead atoms. The second-order valence-electron chi connectivity index (χ2n) is 5.21. The molecule has 8 heteroatoms. The van der Waals surface area contributed by atoms with Crippen LogP contribution in [0.2, 0.25) is 0 Å². The molecule has 114 valence electrons. The summed E-state index contributed by atoms with van der Waals surface area (Å²) in [7, 11) is -2.22. The van der Waals surface area contributed by atoms with E-state index in [9.17, 15) is 17.2 Å². The number of hydrogen-bond donors (Lipinski definition) is 1. The molecule has 1 heterocycles. The van der Waals surface area contributed by atoms with Gasteiger partial charge in [0, 0.05) is 13.2 Å². The van der Waals surface area contributed by atoms with Crippen molar-refractivity contribution in [2.45, 2.75) is 24.3 Å². The Morgan fingerprint density at radius 2 is 1.90 bits per heavy atom. The van der Waals surface area contributed by atoms with Gasteiger partial charge in [0.2, 0.25) is 10.0 Å². The number of halogens is 2. The topological polar surface area (TPSA) is 64.0 Å². The van der Waals surface area contributed by atoms with Crippen molar-refractivity contribution >= 4 is 10.0 Å². The Kier molecular flexibility index (Phi) is 3.85. The van der Waals surface area contributed by atoms with E-state index in [0.29, 0.717) is 5.56 Å². The first-order valence-corrected chi connectivity index (χ1v) is 7.58. The van der Waals surface area contributed by atoms with Crippen LogP contribution in [0.15, 0.2) is 35.5 Å². The smallest absolute Gasteiger partial charge is 0.244 e. The standard InChI is InChI=1S/C13H15F2N3O2S/c1-13(2,9-4-5-11(14)12(15)6-9)17-21(19,20)10-7-16-18(3)8-10/h4-8,17H,1-3H3. The summed E-state index contributed by atoms with van der Waals surface area (Å²) < 4.78 is 54.6. The summed E-state index contributed by atoms with van der Waals surface area (Å²) in [5.74, 6) is -2.01. The molecule has 21 heavy (non-hydrogen) atoms. The Morgan fingerprint density at radius 1 is 1.24 bits per heavy atom. The summed E-state index contributed by atoms with van der Waals surface area (Å²) in [5, 5.41) is 3.80. The van der Waals surface area contributed by atoms with Gasteiger partial charge in [0.05, 0.1) is 11.7 Å². The third kappa shape index (κ3) is 3.27. The zero-order valence-corrected chi connectivity index (χ0v) is 12.6. The maximum atomic E-state index is 13.3. The highest BCUT2D eigenvalue weighted by atomic mass is 32.2. The first-order chi connectivity index (χ1) is 9.62. The molecule has 2 rings (SSSR count). The Bertz CT molecular complexity index is 769. The summed E-state index contributed by atoms with van der Waals surface area (Å²) in [5.41, 5.74) is -0.794. The Morgan fingerprint density at radius 3 is 2.43 bits per heavy atom. The highest BCUT2D eigenvalue weighted by molar-refractivity contribution is 7.89. The van der Waals surface area contributed by atoms with Crippen LogP contribution in [0.25, 0.3) is 0 Å². The van der Waals surface area contributed by atoms with Crippen molar-refractivity contribution in [1.29, 1.82) is 0 Å². The summed E-state index contributed by atoms with van der Waals surface area (Å²) in [6, 6.07) is 3.27. The van der Waals surface area contributed by atoms with Crippen LogP contribution in [0.5, 0.6) is 0 Å². The van der Waals surface area contributed by atoms with Crippen molar-refractivity contribution in [2.75, 3.05) is 0 Å². The normalized spacial score (nSPS) is 12.6. The lowest BCUT2D eigenvalue weighted by atomic mass is 9.96. The van der Waals surface area contributed by atoms with Crippen molar-refractivity contribution < 1.29 is 17.2 Å². The number of sulfonamides is 1. The number of aryl methyl sites for hydroxylation is 1. The molecular weight excluding hydrogens is 300 g/mol. The third-order valence-corrected chi connectivity index (χ3v) is 4.63. The van der Waals surface area contributed by atoms with Crippen LogP contribution in [0.1, 0.15) is 19.4 Å². The highest BCUT2D eigenvalue weighted by Gasteiger charge is 2.29. The molecule has 1 aromatic heterocycles. The van der Waals surface area contributed by atoms with Gasteiger partial charge >= 0.3 is 0 Å². The first kappa shape index (κ1) is 15.6. The van der Waals surface area contributed by atoms with Crippen LogP contribution in [-0.2, 0) is 22.6 Å². The van der Waals surface area contributed by atoms with Crippen molar-refractivity contribution in [3.8, 4) is 0 Å². The minimum absolute atomic E-state index is 0.000610. The van der Waals surface area contributed by atoms with E-state index in [1.54, 1.807) is 20.9 Å². The summed E-state index contributed by atoms with van der Waals surface area (Å²) in [6.45, 7) is 3.13. The van der Waals surface area contributed by atoms with Crippen LogP contribution in [0, 0.1) is 11.6 Å². The maximum absolute atomic E-state index is 13.3. The highest BCUT2D eigenvalue weighted by Crippen LogP contribution is 2.24. The van der Waals surface area contributed by atoms with Crippen LogP contribution in [0.4, 0.5) is 8.78 Å².